The molecule has 0 unspecified atom stereocenters. The monoisotopic (exact) mass is 500 g/mol. The molecular weight excluding hydrogens is 459 g/mol. The van der Waals surface area contributed by atoms with Crippen LogP contribution in [0.5, 0.6) is 0 Å². The summed E-state index contributed by atoms with van der Waals surface area (Å²) >= 11 is 0. The van der Waals surface area contributed by atoms with Crippen LogP contribution in [0.25, 0.3) is 22.3 Å². The molecule has 0 aliphatic heterocycles. The number of ether oxygens (including phenoxy) is 2. The summed E-state index contributed by atoms with van der Waals surface area (Å²) in [4.78, 5) is 0. The van der Waals surface area contributed by atoms with Gasteiger partial charge in [0.25, 0.3) is 0 Å². The Morgan fingerprint density at radius 3 is 2.22 bits per heavy atom. The number of unbranched alkanes of at least 4 members (excludes halogenated alkanes) is 2. The lowest BCUT2D eigenvalue weighted by atomic mass is 9.82. The van der Waals surface area contributed by atoms with Gasteiger partial charge in [-0.1, -0.05) is 92.6 Å². The molecule has 1 fully saturated rings. The molecule has 0 heterocycles. The van der Waals surface area contributed by atoms with Gasteiger partial charge in [-0.3, -0.25) is 0 Å². The van der Waals surface area contributed by atoms with Crippen LogP contribution >= 0.6 is 0 Å². The van der Waals surface area contributed by atoms with Gasteiger partial charge in [0.15, 0.2) is 0 Å². The van der Waals surface area contributed by atoms with Gasteiger partial charge >= 0.3 is 0 Å². The number of hydrogen-bond acceptors (Lipinski definition) is 2. The van der Waals surface area contributed by atoms with Crippen molar-refractivity contribution in [3.63, 3.8) is 0 Å². The van der Waals surface area contributed by atoms with E-state index in [9.17, 15) is 0 Å². The second-order valence-corrected chi connectivity index (χ2v) is 10.3. The summed E-state index contributed by atoms with van der Waals surface area (Å²) in [6.45, 7) is 8.18. The number of benzene rings is 3. The third-order valence-corrected chi connectivity index (χ3v) is 7.62. The summed E-state index contributed by atoms with van der Waals surface area (Å²) in [5.41, 5.74) is 5.27. The highest BCUT2D eigenvalue weighted by atomic mass is 19.1. The van der Waals surface area contributed by atoms with Crippen molar-refractivity contribution in [2.45, 2.75) is 65.1 Å². The molecule has 196 valence electrons. The maximum absolute atomic E-state index is 16.0. The fourth-order valence-corrected chi connectivity index (χ4v) is 5.20. The standard InChI is InChI=1S/C34H41FO2/c1-3-5-9-22-36-24-31-20-21-32(30-18-16-29(17-19-30)28-10-7-6-8-11-28)34(35)33(31)25-37-23-27-14-12-26(4-2)13-15-27/h4,6-8,10-11,16-21,26-27H,2-3,5,9,12-15,22-25H2,1H3. The maximum atomic E-state index is 16.0. The Bertz CT molecular complexity index is 1100. The van der Waals surface area contributed by atoms with Crippen LogP contribution in [-0.4, -0.2) is 13.2 Å². The average molecular weight is 501 g/mol. The first-order valence-corrected chi connectivity index (χ1v) is 13.9. The first-order valence-electron chi connectivity index (χ1n) is 13.9. The molecule has 0 radical (unpaired) electrons. The topological polar surface area (TPSA) is 18.5 Å². The molecular formula is C34H41FO2. The van der Waals surface area contributed by atoms with E-state index in [-0.39, 0.29) is 12.4 Å². The van der Waals surface area contributed by atoms with Gasteiger partial charge in [-0.05, 0) is 66.2 Å². The Morgan fingerprint density at radius 1 is 0.811 bits per heavy atom. The Morgan fingerprint density at radius 2 is 1.51 bits per heavy atom. The summed E-state index contributed by atoms with van der Waals surface area (Å²) in [6, 6.07) is 22.3. The predicted octanol–water partition coefficient (Wildman–Crippen LogP) is 9.38. The molecule has 3 aromatic carbocycles. The van der Waals surface area contributed by atoms with E-state index in [1.807, 2.05) is 42.5 Å². The van der Waals surface area contributed by atoms with Crippen molar-refractivity contribution in [3.8, 4) is 22.3 Å². The zero-order valence-electron chi connectivity index (χ0n) is 22.3. The SMILES string of the molecule is C=CC1CCC(COCc2c(COCCCCC)ccc(-c3ccc(-c4ccccc4)cc3)c2F)CC1. The van der Waals surface area contributed by atoms with E-state index >= 15 is 4.39 Å². The van der Waals surface area contributed by atoms with E-state index < -0.39 is 0 Å². The van der Waals surface area contributed by atoms with Gasteiger partial charge in [0, 0.05) is 24.3 Å². The van der Waals surface area contributed by atoms with Crippen molar-refractivity contribution < 1.29 is 13.9 Å². The molecule has 0 atom stereocenters. The maximum Gasteiger partial charge on any atom is 0.136 e. The van der Waals surface area contributed by atoms with Crippen molar-refractivity contribution >= 4 is 0 Å². The molecule has 0 N–H and O–H groups in total. The Balaban J connectivity index is 1.48. The summed E-state index contributed by atoms with van der Waals surface area (Å²) < 4.78 is 28.0. The van der Waals surface area contributed by atoms with Crippen molar-refractivity contribution in [1.82, 2.24) is 0 Å². The number of halogens is 1. The molecule has 0 amide bonds. The van der Waals surface area contributed by atoms with Crippen LogP contribution < -0.4 is 0 Å². The minimum absolute atomic E-state index is 0.197. The lowest BCUT2D eigenvalue weighted by Crippen LogP contribution is -2.18. The first kappa shape index (κ1) is 27.3. The van der Waals surface area contributed by atoms with E-state index in [1.165, 1.54) is 12.8 Å². The molecule has 4 rings (SSSR count). The largest absolute Gasteiger partial charge is 0.377 e. The third kappa shape index (κ3) is 7.63. The minimum Gasteiger partial charge on any atom is -0.377 e. The van der Waals surface area contributed by atoms with Crippen LogP contribution in [-0.2, 0) is 22.7 Å². The second-order valence-electron chi connectivity index (χ2n) is 10.3. The molecule has 1 aliphatic carbocycles. The van der Waals surface area contributed by atoms with Gasteiger partial charge in [0.05, 0.1) is 13.2 Å². The smallest absolute Gasteiger partial charge is 0.136 e. The molecule has 0 aromatic heterocycles. The van der Waals surface area contributed by atoms with Crippen LogP contribution in [0, 0.1) is 17.7 Å². The van der Waals surface area contributed by atoms with Crippen LogP contribution in [0.1, 0.15) is 63.0 Å². The highest BCUT2D eigenvalue weighted by Crippen LogP contribution is 2.32. The molecule has 37 heavy (non-hydrogen) atoms. The Kier molecular flexibility index (Phi) is 10.5. The highest BCUT2D eigenvalue weighted by molar-refractivity contribution is 5.71. The summed E-state index contributed by atoms with van der Waals surface area (Å²) in [6.07, 6.45) is 10.1. The quantitative estimate of drug-likeness (QED) is 0.172. The normalized spacial score (nSPS) is 17.6. The number of allylic oxidation sites excluding steroid dienone is 1. The third-order valence-electron chi connectivity index (χ3n) is 7.62. The van der Waals surface area contributed by atoms with E-state index in [1.54, 1.807) is 0 Å². The molecule has 0 saturated heterocycles. The molecule has 1 aliphatic rings. The summed E-state index contributed by atoms with van der Waals surface area (Å²) in [5, 5.41) is 0. The van der Waals surface area contributed by atoms with E-state index in [0.29, 0.717) is 42.8 Å². The lowest BCUT2D eigenvalue weighted by molar-refractivity contribution is 0.0656. The van der Waals surface area contributed by atoms with Gasteiger partial charge in [-0.25, -0.2) is 4.39 Å². The fourth-order valence-electron chi connectivity index (χ4n) is 5.20. The van der Waals surface area contributed by atoms with Crippen molar-refractivity contribution in [3.05, 3.63) is 96.3 Å². The van der Waals surface area contributed by atoms with E-state index in [4.69, 9.17) is 9.47 Å². The fraction of sp³-hybridized carbons (Fsp3) is 0.412. The van der Waals surface area contributed by atoms with Gasteiger partial charge in [-0.2, -0.15) is 0 Å². The molecule has 2 nitrogen and oxygen atoms in total. The molecule has 0 spiro atoms. The van der Waals surface area contributed by atoms with Gasteiger partial charge in [-0.15, -0.1) is 6.58 Å². The Labute approximate surface area is 222 Å². The van der Waals surface area contributed by atoms with E-state index in [2.05, 4.69) is 43.8 Å². The molecule has 3 heteroatoms. The van der Waals surface area contributed by atoms with Gasteiger partial charge in [0.1, 0.15) is 5.82 Å². The van der Waals surface area contributed by atoms with Crippen molar-refractivity contribution in [2.75, 3.05) is 13.2 Å². The minimum atomic E-state index is -0.197. The zero-order valence-corrected chi connectivity index (χ0v) is 22.3. The van der Waals surface area contributed by atoms with Crippen LogP contribution in [0.15, 0.2) is 79.4 Å². The summed E-state index contributed by atoms with van der Waals surface area (Å²) in [5.74, 6) is 0.981. The average Bonchev–Trinajstić information content (AvgIpc) is 2.95. The zero-order chi connectivity index (χ0) is 25.9. The Hall–Kier alpha value is -2.75. The van der Waals surface area contributed by atoms with Crippen LogP contribution in [0.3, 0.4) is 0 Å². The van der Waals surface area contributed by atoms with Gasteiger partial charge < -0.3 is 9.47 Å². The van der Waals surface area contributed by atoms with Gasteiger partial charge in [0.2, 0.25) is 0 Å². The van der Waals surface area contributed by atoms with Crippen molar-refractivity contribution in [1.29, 1.82) is 0 Å². The number of rotatable bonds is 13. The number of hydrogen-bond donors (Lipinski definition) is 0. The summed E-state index contributed by atoms with van der Waals surface area (Å²) in [7, 11) is 0. The predicted molar refractivity (Wildman–Crippen MR) is 152 cm³/mol. The first-order chi connectivity index (χ1) is 18.2. The lowest BCUT2D eigenvalue weighted by Gasteiger charge is -2.26. The molecule has 1 saturated carbocycles. The van der Waals surface area contributed by atoms with E-state index in [0.717, 1.165) is 54.4 Å². The van der Waals surface area contributed by atoms with Crippen LogP contribution in [0.4, 0.5) is 4.39 Å². The molecule has 0 bridgehead atoms. The second kappa shape index (κ2) is 14.3. The molecule has 3 aromatic rings. The van der Waals surface area contributed by atoms with Crippen LogP contribution in [0.2, 0.25) is 0 Å². The van der Waals surface area contributed by atoms with Crippen molar-refractivity contribution in [2.24, 2.45) is 11.8 Å². The highest BCUT2D eigenvalue weighted by Gasteiger charge is 2.20.